The number of carbonyl (C=O) groups is 2. The van der Waals surface area contributed by atoms with E-state index in [-0.39, 0.29) is 42.2 Å². The third-order valence-corrected chi connectivity index (χ3v) is 4.08. The number of nitrogens with one attached hydrogen (secondary N) is 1. The molecule has 0 aliphatic heterocycles. The van der Waals surface area contributed by atoms with E-state index in [4.69, 9.17) is 20.8 Å². The molecule has 2 aromatic heterocycles. The second-order valence-electron chi connectivity index (χ2n) is 6.62. The first-order valence-electron chi connectivity index (χ1n) is 9.30. The lowest BCUT2D eigenvalue weighted by Crippen LogP contribution is -2.30. The zero-order chi connectivity index (χ0) is 24.0. The van der Waals surface area contributed by atoms with E-state index >= 15 is 0 Å². The molecule has 0 bridgehead atoms. The van der Waals surface area contributed by atoms with E-state index in [9.17, 15) is 18.4 Å². The summed E-state index contributed by atoms with van der Waals surface area (Å²) in [5.74, 6) is -4.17. The monoisotopic (exact) mass is 458 g/mol. The van der Waals surface area contributed by atoms with Crippen LogP contribution in [0.4, 0.5) is 8.78 Å². The number of aliphatic carboxylic acids is 1. The highest BCUT2D eigenvalue weighted by Gasteiger charge is 2.17. The second-order valence-corrected chi connectivity index (χ2v) is 6.62. The first kappa shape index (κ1) is 23.2. The average Bonchev–Trinajstić information content (AvgIpc) is 3.20. The third-order valence-electron chi connectivity index (χ3n) is 4.08. The number of rotatable bonds is 9. The Bertz CT molecular complexity index is 1230. The minimum Gasteiger partial charge on any atom is -0.481 e. The molecule has 1 unspecified atom stereocenters. The molecule has 2 heterocycles. The van der Waals surface area contributed by atoms with Crippen molar-refractivity contribution in [2.24, 2.45) is 5.73 Å². The number of hydrogen-bond acceptors (Lipinski definition) is 9. The maximum absolute atomic E-state index is 14.6. The molecule has 170 valence electrons. The SMILES string of the molecule is N#CCNC(=O)c1cnc(Oc2ccc(-c3nnn(CC(N)CC(=O)O)n3)c(F)c2)c(F)c1. The predicted octanol–water partition coefficient (Wildman–Crippen LogP) is 0.861. The summed E-state index contributed by atoms with van der Waals surface area (Å²) < 4.78 is 34.1. The summed E-state index contributed by atoms with van der Waals surface area (Å²) in [5.41, 5.74) is 5.52. The Morgan fingerprint density at radius 1 is 1.30 bits per heavy atom. The number of halogens is 2. The third kappa shape index (κ3) is 6.02. The van der Waals surface area contributed by atoms with Gasteiger partial charge in [0.15, 0.2) is 5.82 Å². The number of amides is 1. The van der Waals surface area contributed by atoms with E-state index in [1.54, 1.807) is 6.07 Å². The van der Waals surface area contributed by atoms with Gasteiger partial charge in [0.25, 0.3) is 11.8 Å². The van der Waals surface area contributed by atoms with Crippen LogP contribution in [-0.4, -0.2) is 54.8 Å². The van der Waals surface area contributed by atoms with Gasteiger partial charge in [0.2, 0.25) is 5.82 Å². The molecule has 0 saturated heterocycles. The van der Waals surface area contributed by atoms with Crippen LogP contribution in [0.25, 0.3) is 11.4 Å². The van der Waals surface area contributed by atoms with E-state index in [0.717, 1.165) is 23.1 Å². The molecular weight excluding hydrogens is 442 g/mol. The summed E-state index contributed by atoms with van der Waals surface area (Å²) in [5, 5.41) is 30.9. The zero-order valence-corrected chi connectivity index (χ0v) is 16.8. The van der Waals surface area contributed by atoms with Crippen molar-refractivity contribution in [3.8, 4) is 29.1 Å². The smallest absolute Gasteiger partial charge is 0.304 e. The Morgan fingerprint density at radius 3 is 2.76 bits per heavy atom. The number of benzene rings is 1. The molecule has 33 heavy (non-hydrogen) atoms. The van der Waals surface area contributed by atoms with Crippen LogP contribution in [0.15, 0.2) is 30.5 Å². The summed E-state index contributed by atoms with van der Waals surface area (Å²) in [6.07, 6.45) is 0.751. The summed E-state index contributed by atoms with van der Waals surface area (Å²) in [4.78, 5) is 27.2. The summed E-state index contributed by atoms with van der Waals surface area (Å²) in [6, 6.07) is 5.40. The van der Waals surface area contributed by atoms with Crippen molar-refractivity contribution in [1.29, 1.82) is 5.26 Å². The molecule has 0 spiro atoms. The Morgan fingerprint density at radius 2 is 2.09 bits per heavy atom. The first-order chi connectivity index (χ1) is 15.8. The molecule has 4 N–H and O–H groups in total. The van der Waals surface area contributed by atoms with E-state index in [1.807, 2.05) is 0 Å². The molecule has 1 amide bonds. The van der Waals surface area contributed by atoms with Gasteiger partial charge in [-0.15, -0.1) is 10.2 Å². The van der Waals surface area contributed by atoms with Crippen molar-refractivity contribution < 1.29 is 28.2 Å². The van der Waals surface area contributed by atoms with Crippen LogP contribution in [0.3, 0.4) is 0 Å². The van der Waals surface area contributed by atoms with Gasteiger partial charge in [-0.05, 0) is 23.4 Å². The largest absolute Gasteiger partial charge is 0.481 e. The van der Waals surface area contributed by atoms with E-state index in [0.29, 0.717) is 0 Å². The van der Waals surface area contributed by atoms with Crippen molar-refractivity contribution >= 4 is 11.9 Å². The maximum atomic E-state index is 14.6. The van der Waals surface area contributed by atoms with Gasteiger partial charge in [0.1, 0.15) is 18.1 Å². The van der Waals surface area contributed by atoms with E-state index in [2.05, 4.69) is 25.7 Å². The zero-order valence-electron chi connectivity index (χ0n) is 16.8. The van der Waals surface area contributed by atoms with E-state index in [1.165, 1.54) is 12.1 Å². The molecule has 0 radical (unpaired) electrons. The normalized spacial score (nSPS) is 11.5. The number of nitriles is 1. The van der Waals surface area contributed by atoms with Crippen LogP contribution in [0.5, 0.6) is 11.6 Å². The molecule has 0 saturated carbocycles. The number of pyridine rings is 1. The highest BCUT2D eigenvalue weighted by Crippen LogP contribution is 2.27. The molecule has 0 aliphatic carbocycles. The molecule has 1 atom stereocenters. The topological polar surface area (TPSA) is 182 Å². The molecule has 1 aromatic carbocycles. The number of carbonyl (C=O) groups excluding carboxylic acids is 1. The van der Waals surface area contributed by atoms with Crippen LogP contribution in [0.2, 0.25) is 0 Å². The Kier molecular flexibility index (Phi) is 7.16. The van der Waals surface area contributed by atoms with Crippen LogP contribution < -0.4 is 15.8 Å². The van der Waals surface area contributed by atoms with Crippen LogP contribution in [0.1, 0.15) is 16.8 Å². The fourth-order valence-corrected chi connectivity index (χ4v) is 2.63. The number of carboxylic acids is 1. The Hall–Kier alpha value is -4.51. The first-order valence-corrected chi connectivity index (χ1v) is 9.30. The minimum atomic E-state index is -1.08. The molecule has 3 aromatic rings. The lowest BCUT2D eigenvalue weighted by Gasteiger charge is -2.08. The van der Waals surface area contributed by atoms with Crippen molar-refractivity contribution in [2.75, 3.05) is 6.54 Å². The quantitative estimate of drug-likeness (QED) is 0.389. The van der Waals surface area contributed by atoms with Crippen molar-refractivity contribution in [1.82, 2.24) is 30.5 Å². The molecule has 3 rings (SSSR count). The van der Waals surface area contributed by atoms with Gasteiger partial charge < -0.3 is 20.9 Å². The standard InChI is InChI=1S/C19H16F2N8O4/c20-14-7-12(33-19-15(21)5-10(8-25-19)18(32)24-4-3-22)1-2-13(14)17-26-28-29(27-17)9-11(23)6-16(30)31/h1-2,5,7-8,11H,4,6,9,23H2,(H,24,32)(H,30,31). The average molecular weight is 458 g/mol. The van der Waals surface area contributed by atoms with Crippen LogP contribution >= 0.6 is 0 Å². The van der Waals surface area contributed by atoms with Crippen molar-refractivity contribution in [2.45, 2.75) is 19.0 Å². The maximum Gasteiger partial charge on any atom is 0.304 e. The summed E-state index contributed by atoms with van der Waals surface area (Å²) in [7, 11) is 0. The van der Waals surface area contributed by atoms with Gasteiger partial charge in [0.05, 0.1) is 30.2 Å². The van der Waals surface area contributed by atoms with Gasteiger partial charge in [-0.1, -0.05) is 0 Å². The fourth-order valence-electron chi connectivity index (χ4n) is 2.63. The van der Waals surface area contributed by atoms with Gasteiger partial charge in [-0.3, -0.25) is 9.59 Å². The van der Waals surface area contributed by atoms with Crippen molar-refractivity contribution in [3.63, 3.8) is 0 Å². The van der Waals surface area contributed by atoms with Crippen molar-refractivity contribution in [3.05, 3.63) is 47.7 Å². The van der Waals surface area contributed by atoms with Gasteiger partial charge in [0, 0.05) is 18.3 Å². The van der Waals surface area contributed by atoms with E-state index < -0.39 is 35.4 Å². The molecule has 14 heteroatoms. The predicted molar refractivity (Wildman–Crippen MR) is 106 cm³/mol. The highest BCUT2D eigenvalue weighted by molar-refractivity contribution is 5.94. The van der Waals surface area contributed by atoms with Gasteiger partial charge in [-0.25, -0.2) is 13.8 Å². The molecule has 0 fully saturated rings. The lowest BCUT2D eigenvalue weighted by atomic mass is 10.2. The Labute approximate surface area is 184 Å². The minimum absolute atomic E-state index is 0.0293. The van der Waals surface area contributed by atoms with Crippen LogP contribution in [-0.2, 0) is 11.3 Å². The lowest BCUT2D eigenvalue weighted by molar-refractivity contribution is -0.137. The van der Waals surface area contributed by atoms with Gasteiger partial charge in [-0.2, -0.15) is 10.1 Å². The number of ether oxygens (including phenoxy) is 1. The number of nitrogens with two attached hydrogens (primary N) is 1. The highest BCUT2D eigenvalue weighted by atomic mass is 19.1. The second kappa shape index (κ2) is 10.2. The summed E-state index contributed by atoms with van der Waals surface area (Å²) in [6.45, 7) is -0.278. The number of aromatic nitrogens is 5. The molecule has 12 nitrogen and oxygen atoms in total. The number of tetrazole rings is 1. The Balaban J connectivity index is 1.71. The van der Waals surface area contributed by atoms with Crippen LogP contribution in [0, 0.1) is 23.0 Å². The molecular formula is C19H16F2N8O4. The fraction of sp³-hybridized carbons (Fsp3) is 0.211. The number of hydrogen-bond donors (Lipinski definition) is 3. The summed E-state index contributed by atoms with van der Waals surface area (Å²) >= 11 is 0. The molecule has 0 aliphatic rings. The number of nitrogens with zero attached hydrogens (tertiary/aromatic N) is 6. The number of carboxylic acid groups (broad SMARTS) is 1. The van der Waals surface area contributed by atoms with Gasteiger partial charge >= 0.3 is 5.97 Å².